The summed E-state index contributed by atoms with van der Waals surface area (Å²) in [6.45, 7) is 14.0. The van der Waals surface area contributed by atoms with E-state index in [1.807, 2.05) is 19.1 Å². The van der Waals surface area contributed by atoms with E-state index >= 15 is 0 Å². The summed E-state index contributed by atoms with van der Waals surface area (Å²) in [7, 11) is 2.92. The van der Waals surface area contributed by atoms with Crippen molar-refractivity contribution < 1.29 is 23.7 Å². The molecule has 0 aliphatic heterocycles. The second kappa shape index (κ2) is 8.19. The van der Waals surface area contributed by atoms with Crippen LogP contribution in [0, 0.1) is 0 Å². The Bertz CT molecular complexity index is 558. The first-order chi connectivity index (χ1) is 11.5. The standard InChI is InChI=1S/C20H32O5/c1-10-24-18(23-9)25-16-14(19(2,3)4)11-13(17(21)22-8)12-15(16)20(5,6)7/h11-12,18H,10H2,1-9H3. The topological polar surface area (TPSA) is 54.0 Å². The minimum Gasteiger partial charge on any atom is -0.465 e. The number of carbonyl (C=O) groups excluding carboxylic acids is 1. The van der Waals surface area contributed by atoms with Gasteiger partial charge in [-0.2, -0.15) is 0 Å². The molecular weight excluding hydrogens is 320 g/mol. The van der Waals surface area contributed by atoms with Gasteiger partial charge in [-0.1, -0.05) is 41.5 Å². The second-order valence-electron chi connectivity index (χ2n) is 7.99. The Kier molecular flexibility index (Phi) is 7.03. The van der Waals surface area contributed by atoms with Gasteiger partial charge in [-0.15, -0.1) is 0 Å². The highest BCUT2D eigenvalue weighted by Gasteiger charge is 2.30. The first kappa shape index (κ1) is 21.5. The molecule has 0 radical (unpaired) electrons. The van der Waals surface area contributed by atoms with Gasteiger partial charge in [0.15, 0.2) is 0 Å². The van der Waals surface area contributed by atoms with E-state index in [1.165, 1.54) is 14.2 Å². The number of rotatable bonds is 6. The fourth-order valence-electron chi connectivity index (χ4n) is 2.49. The largest absolute Gasteiger partial charge is 0.465 e. The van der Waals surface area contributed by atoms with Crippen molar-refractivity contribution in [2.24, 2.45) is 0 Å². The lowest BCUT2D eigenvalue weighted by atomic mass is 9.78. The van der Waals surface area contributed by atoms with E-state index < -0.39 is 6.48 Å². The van der Waals surface area contributed by atoms with Crippen molar-refractivity contribution >= 4 is 5.97 Å². The average Bonchev–Trinajstić information content (AvgIpc) is 2.51. The van der Waals surface area contributed by atoms with E-state index in [2.05, 4.69) is 41.5 Å². The van der Waals surface area contributed by atoms with Crippen molar-refractivity contribution in [2.45, 2.75) is 65.8 Å². The molecule has 0 saturated carbocycles. The molecule has 0 aliphatic rings. The Morgan fingerprint density at radius 1 is 1.00 bits per heavy atom. The van der Waals surface area contributed by atoms with Gasteiger partial charge in [-0.3, -0.25) is 0 Å². The van der Waals surface area contributed by atoms with Gasteiger partial charge in [0, 0.05) is 18.2 Å². The normalized spacial score (nSPS) is 13.5. The Hall–Kier alpha value is -1.59. The molecule has 0 spiro atoms. The molecule has 0 aromatic heterocycles. The van der Waals surface area contributed by atoms with Crippen LogP contribution >= 0.6 is 0 Å². The van der Waals surface area contributed by atoms with Crippen LogP contribution in [0.25, 0.3) is 0 Å². The smallest absolute Gasteiger partial charge is 0.337 e. The minimum absolute atomic E-state index is 0.246. The highest BCUT2D eigenvalue weighted by Crippen LogP contribution is 2.41. The van der Waals surface area contributed by atoms with E-state index in [-0.39, 0.29) is 16.8 Å². The van der Waals surface area contributed by atoms with Crippen LogP contribution in [0.2, 0.25) is 0 Å². The van der Waals surface area contributed by atoms with Gasteiger partial charge in [0.25, 0.3) is 0 Å². The Labute approximate surface area is 151 Å². The van der Waals surface area contributed by atoms with Gasteiger partial charge in [-0.25, -0.2) is 4.79 Å². The molecule has 1 aromatic carbocycles. The van der Waals surface area contributed by atoms with Gasteiger partial charge in [0.05, 0.1) is 19.3 Å². The number of benzene rings is 1. The molecule has 1 atom stereocenters. The Morgan fingerprint density at radius 3 is 1.80 bits per heavy atom. The number of esters is 1. The third-order valence-electron chi connectivity index (χ3n) is 3.84. The molecule has 1 aromatic rings. The summed E-state index contributed by atoms with van der Waals surface area (Å²) in [6, 6.07) is 3.66. The highest BCUT2D eigenvalue weighted by atomic mass is 16.8. The molecule has 25 heavy (non-hydrogen) atoms. The van der Waals surface area contributed by atoms with E-state index in [0.29, 0.717) is 17.9 Å². The molecule has 1 rings (SSSR count). The van der Waals surface area contributed by atoms with Crippen LogP contribution < -0.4 is 4.74 Å². The van der Waals surface area contributed by atoms with Crippen LogP contribution in [0.4, 0.5) is 0 Å². The predicted octanol–water partition coefficient (Wildman–Crippen LogP) is 4.41. The molecule has 5 nitrogen and oxygen atoms in total. The number of ether oxygens (including phenoxy) is 4. The van der Waals surface area contributed by atoms with Crippen LogP contribution in [0.3, 0.4) is 0 Å². The first-order valence-corrected chi connectivity index (χ1v) is 8.54. The van der Waals surface area contributed by atoms with E-state index in [0.717, 1.165) is 11.1 Å². The summed E-state index contributed by atoms with van der Waals surface area (Å²) in [5.41, 5.74) is 1.83. The molecule has 5 heteroatoms. The maximum atomic E-state index is 12.2. The molecule has 0 fully saturated rings. The Morgan fingerprint density at radius 2 is 1.48 bits per heavy atom. The quantitative estimate of drug-likeness (QED) is 0.560. The fourth-order valence-corrected chi connectivity index (χ4v) is 2.49. The fraction of sp³-hybridized carbons (Fsp3) is 0.650. The van der Waals surface area contributed by atoms with Crippen molar-refractivity contribution in [1.29, 1.82) is 0 Å². The van der Waals surface area contributed by atoms with Gasteiger partial charge >= 0.3 is 12.4 Å². The van der Waals surface area contributed by atoms with Crippen molar-refractivity contribution in [3.05, 3.63) is 28.8 Å². The maximum Gasteiger partial charge on any atom is 0.337 e. The first-order valence-electron chi connectivity index (χ1n) is 8.54. The Balaban J connectivity index is 3.66. The molecule has 0 amide bonds. The van der Waals surface area contributed by atoms with E-state index in [4.69, 9.17) is 18.9 Å². The molecule has 0 N–H and O–H groups in total. The lowest BCUT2D eigenvalue weighted by Crippen LogP contribution is -2.28. The van der Waals surface area contributed by atoms with Crippen molar-refractivity contribution in [2.75, 3.05) is 20.8 Å². The van der Waals surface area contributed by atoms with Crippen molar-refractivity contribution in [3.8, 4) is 5.75 Å². The lowest BCUT2D eigenvalue weighted by molar-refractivity contribution is -0.231. The summed E-state index contributed by atoms with van der Waals surface area (Å²) in [5, 5.41) is 0. The zero-order chi connectivity index (χ0) is 19.4. The molecular formula is C20H32O5. The van der Waals surface area contributed by atoms with Crippen LogP contribution in [-0.4, -0.2) is 33.3 Å². The number of methoxy groups -OCH3 is 2. The van der Waals surface area contributed by atoms with Gasteiger partial charge in [-0.05, 0) is 29.9 Å². The SMILES string of the molecule is CCOC(OC)Oc1c(C(C)(C)C)cc(C(=O)OC)cc1C(C)(C)C. The van der Waals surface area contributed by atoms with Crippen LogP contribution in [0.15, 0.2) is 12.1 Å². The zero-order valence-corrected chi connectivity index (χ0v) is 17.0. The van der Waals surface area contributed by atoms with E-state index in [1.54, 1.807) is 0 Å². The second-order valence-corrected chi connectivity index (χ2v) is 7.99. The van der Waals surface area contributed by atoms with Gasteiger partial charge in [0.2, 0.25) is 0 Å². The summed E-state index contributed by atoms with van der Waals surface area (Å²) in [4.78, 5) is 12.2. The number of hydrogen-bond donors (Lipinski definition) is 0. The van der Waals surface area contributed by atoms with Crippen LogP contribution in [-0.2, 0) is 25.0 Å². The summed E-state index contributed by atoms with van der Waals surface area (Å²) < 4.78 is 21.8. The monoisotopic (exact) mass is 352 g/mol. The third-order valence-corrected chi connectivity index (χ3v) is 3.84. The van der Waals surface area contributed by atoms with Crippen molar-refractivity contribution in [3.63, 3.8) is 0 Å². The molecule has 0 saturated heterocycles. The zero-order valence-electron chi connectivity index (χ0n) is 17.0. The van der Waals surface area contributed by atoms with Gasteiger partial charge in [0.1, 0.15) is 5.75 Å². The van der Waals surface area contributed by atoms with Crippen LogP contribution in [0.5, 0.6) is 5.75 Å². The third kappa shape index (κ3) is 5.44. The van der Waals surface area contributed by atoms with Crippen LogP contribution in [0.1, 0.15) is 70.0 Å². The molecule has 142 valence electrons. The molecule has 0 heterocycles. The lowest BCUT2D eigenvalue weighted by Gasteiger charge is -2.31. The predicted molar refractivity (Wildman–Crippen MR) is 98.2 cm³/mol. The number of carbonyl (C=O) groups is 1. The molecule has 0 bridgehead atoms. The highest BCUT2D eigenvalue weighted by molar-refractivity contribution is 5.90. The maximum absolute atomic E-state index is 12.2. The average molecular weight is 352 g/mol. The summed E-state index contributed by atoms with van der Waals surface area (Å²) in [6.07, 6.45) is 0. The summed E-state index contributed by atoms with van der Waals surface area (Å²) in [5.74, 6) is 0.323. The van der Waals surface area contributed by atoms with E-state index in [9.17, 15) is 4.79 Å². The number of hydrogen-bond acceptors (Lipinski definition) is 5. The summed E-state index contributed by atoms with van der Waals surface area (Å²) >= 11 is 0. The van der Waals surface area contributed by atoms with Gasteiger partial charge < -0.3 is 18.9 Å². The molecule has 1 unspecified atom stereocenters. The molecule has 0 aliphatic carbocycles. The van der Waals surface area contributed by atoms with Crippen molar-refractivity contribution in [1.82, 2.24) is 0 Å². The minimum atomic E-state index is -0.809.